The van der Waals surface area contributed by atoms with Crippen LogP contribution in [-0.2, 0) is 20.8 Å². The van der Waals surface area contributed by atoms with E-state index < -0.39 is 36.8 Å². The number of halogens is 1. The third kappa shape index (κ3) is 4.58. The Morgan fingerprint density at radius 2 is 2.17 bits per heavy atom. The van der Waals surface area contributed by atoms with Crippen molar-refractivity contribution < 1.29 is 33.5 Å². The number of rotatable bonds is 6. The van der Waals surface area contributed by atoms with Gasteiger partial charge in [-0.15, -0.1) is 0 Å². The number of carbonyl (C=O) groups excluding carboxylic acids is 2. The van der Waals surface area contributed by atoms with Crippen molar-refractivity contribution in [2.45, 2.75) is 45.2 Å². The van der Waals surface area contributed by atoms with Gasteiger partial charge in [0.1, 0.15) is 12.8 Å². The molecule has 0 spiro atoms. The molecule has 1 aliphatic carbocycles. The van der Waals surface area contributed by atoms with Gasteiger partial charge >= 0.3 is 13.1 Å². The maximum Gasteiger partial charge on any atom is 0.492 e. The van der Waals surface area contributed by atoms with Crippen molar-refractivity contribution in [3.8, 4) is 0 Å². The molecule has 2 atom stereocenters. The van der Waals surface area contributed by atoms with E-state index in [4.69, 9.17) is 9.39 Å². The molecule has 0 bridgehead atoms. The number of ether oxygens (including phenoxy) is 1. The molecule has 0 saturated carbocycles. The number of benzene rings is 1. The van der Waals surface area contributed by atoms with Crippen molar-refractivity contribution in [3.63, 3.8) is 0 Å². The Morgan fingerprint density at radius 1 is 1.45 bits per heavy atom. The van der Waals surface area contributed by atoms with Crippen molar-refractivity contribution in [2.24, 2.45) is 0 Å². The average molecular weight is 403 g/mol. The van der Waals surface area contributed by atoms with E-state index in [9.17, 15) is 24.1 Å². The third-order valence-corrected chi connectivity index (χ3v) is 4.96. The van der Waals surface area contributed by atoms with Gasteiger partial charge in [0.15, 0.2) is 6.04 Å². The largest absolute Gasteiger partial charge is 0.492 e. The summed E-state index contributed by atoms with van der Waals surface area (Å²) < 4.78 is 23.5. The number of nitrogens with one attached hydrogen (secondary N) is 1. The van der Waals surface area contributed by atoms with E-state index in [0.29, 0.717) is 16.6 Å². The molecule has 2 aliphatic rings. The molecule has 0 saturated heterocycles. The lowest BCUT2D eigenvalue weighted by Gasteiger charge is -2.28. The number of carbonyl (C=O) groups is 2. The van der Waals surface area contributed by atoms with E-state index in [0.717, 1.165) is 5.56 Å². The van der Waals surface area contributed by atoms with Crippen LogP contribution >= 0.6 is 0 Å². The molecule has 3 N–H and O–H groups in total. The lowest BCUT2D eigenvalue weighted by atomic mass is 9.75. The van der Waals surface area contributed by atoms with Crippen LogP contribution in [0.1, 0.15) is 35.3 Å². The van der Waals surface area contributed by atoms with Crippen molar-refractivity contribution in [1.82, 2.24) is 5.32 Å². The van der Waals surface area contributed by atoms with Gasteiger partial charge in [0.25, 0.3) is 5.91 Å². The second-order valence-electron chi connectivity index (χ2n) is 7.69. The number of aliphatic hydroxyl groups is 1. The SMILES string of the molecule is Cc1c(C(=O)NC(C(=O)OCC2=CC(F)C=C2)C(C)(C)O)ccc2c1B(O)OC2. The standard InChI is InChI=1S/C20H23BFNO6/c1-11-15(7-5-13-10-29-21(27)16(11)13)18(24)23-17(20(2,3)26)19(25)28-9-12-4-6-14(22)8-12/h4-8,14,17,26-27H,9-10H2,1-3H3,(H,23,24). The Labute approximate surface area is 168 Å². The molecule has 154 valence electrons. The van der Waals surface area contributed by atoms with E-state index >= 15 is 0 Å². The fourth-order valence-corrected chi connectivity index (χ4v) is 3.35. The zero-order valence-electron chi connectivity index (χ0n) is 16.4. The highest BCUT2D eigenvalue weighted by Crippen LogP contribution is 2.19. The predicted molar refractivity (Wildman–Crippen MR) is 104 cm³/mol. The first-order chi connectivity index (χ1) is 13.6. The Bertz CT molecular complexity index is 892. The molecule has 1 amide bonds. The Balaban J connectivity index is 1.75. The van der Waals surface area contributed by atoms with Crippen LogP contribution in [0.4, 0.5) is 4.39 Å². The Morgan fingerprint density at radius 3 is 2.79 bits per heavy atom. The van der Waals surface area contributed by atoms with Crippen molar-refractivity contribution in [3.05, 3.63) is 52.6 Å². The topological polar surface area (TPSA) is 105 Å². The maximum absolute atomic E-state index is 13.1. The minimum absolute atomic E-state index is 0.167. The van der Waals surface area contributed by atoms with Crippen LogP contribution < -0.4 is 10.8 Å². The summed E-state index contributed by atoms with van der Waals surface area (Å²) in [7, 11) is -1.11. The number of hydrogen-bond donors (Lipinski definition) is 3. The fraction of sp³-hybridized carbons (Fsp3) is 0.400. The lowest BCUT2D eigenvalue weighted by Crippen LogP contribution is -2.55. The lowest BCUT2D eigenvalue weighted by molar-refractivity contribution is -0.150. The molecule has 1 aromatic rings. The smallest absolute Gasteiger partial charge is 0.459 e. The molecule has 29 heavy (non-hydrogen) atoms. The Kier molecular flexibility index (Phi) is 5.93. The molecule has 3 rings (SSSR count). The average Bonchev–Trinajstić information content (AvgIpc) is 3.23. The molecule has 1 aromatic carbocycles. The van der Waals surface area contributed by atoms with Crippen LogP contribution in [0, 0.1) is 6.92 Å². The number of hydrogen-bond acceptors (Lipinski definition) is 6. The van der Waals surface area contributed by atoms with E-state index in [1.54, 1.807) is 19.1 Å². The third-order valence-electron chi connectivity index (χ3n) is 4.96. The monoisotopic (exact) mass is 403 g/mol. The van der Waals surface area contributed by atoms with E-state index in [2.05, 4.69) is 5.32 Å². The fourth-order valence-electron chi connectivity index (χ4n) is 3.35. The zero-order valence-corrected chi connectivity index (χ0v) is 16.4. The summed E-state index contributed by atoms with van der Waals surface area (Å²) in [4.78, 5) is 25.3. The van der Waals surface area contributed by atoms with Crippen LogP contribution in [0.5, 0.6) is 0 Å². The van der Waals surface area contributed by atoms with Gasteiger partial charge < -0.3 is 24.8 Å². The van der Waals surface area contributed by atoms with E-state index in [1.807, 2.05) is 0 Å². The number of allylic oxidation sites excluding steroid dienone is 2. The van der Waals surface area contributed by atoms with Gasteiger partial charge in [0, 0.05) is 5.56 Å². The molecule has 7 nitrogen and oxygen atoms in total. The van der Waals surface area contributed by atoms with Gasteiger partial charge in [-0.05, 0) is 61.2 Å². The van der Waals surface area contributed by atoms with Gasteiger partial charge in [-0.25, -0.2) is 9.18 Å². The normalized spacial score (nSPS) is 19.0. The number of fused-ring (bicyclic) bond motifs is 1. The molecule has 9 heteroatoms. The highest BCUT2D eigenvalue weighted by Gasteiger charge is 2.37. The summed E-state index contributed by atoms with van der Waals surface area (Å²) in [5, 5.41) is 22.8. The van der Waals surface area contributed by atoms with Gasteiger partial charge in [-0.2, -0.15) is 0 Å². The van der Waals surface area contributed by atoms with Gasteiger partial charge in [0.05, 0.1) is 12.2 Å². The van der Waals surface area contributed by atoms with Crippen LogP contribution in [0.15, 0.2) is 35.9 Å². The predicted octanol–water partition coefficient (Wildman–Crippen LogP) is 0.460. The first-order valence-corrected chi connectivity index (χ1v) is 9.23. The number of amides is 1. The summed E-state index contributed by atoms with van der Waals surface area (Å²) in [6.07, 6.45) is 2.94. The summed E-state index contributed by atoms with van der Waals surface area (Å²) in [6.45, 7) is 4.51. The molecular formula is C20H23BFNO6. The van der Waals surface area contributed by atoms with Crippen LogP contribution in [0.3, 0.4) is 0 Å². The summed E-state index contributed by atoms with van der Waals surface area (Å²) in [5.74, 6) is -1.44. The molecule has 0 radical (unpaired) electrons. The number of alkyl halides is 1. The first-order valence-electron chi connectivity index (χ1n) is 9.23. The van der Waals surface area contributed by atoms with Crippen LogP contribution in [-0.4, -0.2) is 53.5 Å². The van der Waals surface area contributed by atoms with Gasteiger partial charge in [-0.3, -0.25) is 4.79 Å². The van der Waals surface area contributed by atoms with Crippen LogP contribution in [0.2, 0.25) is 0 Å². The van der Waals surface area contributed by atoms with Crippen molar-refractivity contribution in [1.29, 1.82) is 0 Å². The van der Waals surface area contributed by atoms with E-state index in [1.165, 1.54) is 32.1 Å². The summed E-state index contributed by atoms with van der Waals surface area (Å²) >= 11 is 0. The van der Waals surface area contributed by atoms with Gasteiger partial charge in [0.2, 0.25) is 0 Å². The van der Waals surface area contributed by atoms with E-state index in [-0.39, 0.29) is 18.8 Å². The van der Waals surface area contributed by atoms with Crippen molar-refractivity contribution >= 4 is 24.5 Å². The number of esters is 1. The molecule has 2 unspecified atom stereocenters. The van der Waals surface area contributed by atoms with Crippen LogP contribution in [0.25, 0.3) is 0 Å². The zero-order chi connectivity index (χ0) is 21.3. The molecule has 1 heterocycles. The quantitative estimate of drug-likeness (QED) is 0.471. The first kappa shape index (κ1) is 21.2. The molecular weight excluding hydrogens is 380 g/mol. The molecule has 0 aromatic heterocycles. The minimum atomic E-state index is -1.61. The maximum atomic E-state index is 13.1. The van der Waals surface area contributed by atoms with Crippen molar-refractivity contribution in [2.75, 3.05) is 6.61 Å². The van der Waals surface area contributed by atoms with Gasteiger partial charge in [-0.1, -0.05) is 12.1 Å². The summed E-state index contributed by atoms with van der Waals surface area (Å²) in [5.41, 5.74) is 0.979. The highest BCUT2D eigenvalue weighted by molar-refractivity contribution is 6.62. The summed E-state index contributed by atoms with van der Waals surface area (Å²) in [6, 6.07) is 1.90. The second-order valence-corrected chi connectivity index (χ2v) is 7.69. The molecule has 1 aliphatic heterocycles. The highest BCUT2D eigenvalue weighted by atomic mass is 19.1. The minimum Gasteiger partial charge on any atom is -0.459 e. The Hall–Kier alpha value is -2.49. The second kappa shape index (κ2) is 8.10. The molecule has 0 fully saturated rings.